The fraction of sp³-hybridized carbons (Fsp3) is 0.263. The van der Waals surface area contributed by atoms with E-state index in [1.165, 1.54) is 0 Å². The summed E-state index contributed by atoms with van der Waals surface area (Å²) in [5, 5.41) is 5.26. The van der Waals surface area contributed by atoms with Crippen LogP contribution in [0.3, 0.4) is 0 Å². The van der Waals surface area contributed by atoms with E-state index in [-0.39, 0.29) is 25.0 Å². The van der Waals surface area contributed by atoms with Crippen molar-refractivity contribution in [3.63, 3.8) is 0 Å². The number of nitrogens with one attached hydrogen (secondary N) is 2. The Balaban J connectivity index is 1.68. The third-order valence-electron chi connectivity index (χ3n) is 3.51. The van der Waals surface area contributed by atoms with Crippen molar-refractivity contribution in [2.24, 2.45) is 0 Å². The lowest BCUT2D eigenvalue weighted by molar-refractivity contribution is -0.127. The molecule has 0 unspecified atom stereocenters. The predicted octanol–water partition coefficient (Wildman–Crippen LogP) is 1.82. The van der Waals surface area contributed by atoms with E-state index < -0.39 is 0 Å². The molecule has 0 radical (unpaired) electrons. The maximum atomic E-state index is 11.8. The van der Waals surface area contributed by atoms with Crippen molar-refractivity contribution < 1.29 is 19.1 Å². The Morgan fingerprint density at radius 2 is 1.68 bits per heavy atom. The van der Waals surface area contributed by atoms with Crippen LogP contribution in [0.25, 0.3) is 0 Å². The average Bonchev–Trinajstić information content (AvgIpc) is 2.64. The standard InChI is InChI=1S/C19H22N2O4/c1-14-7-9-16(10-8-14)25-13-19(23)21-12-18(22)20-11-15-5-3-4-6-17(15)24-2/h3-10H,11-13H2,1-2H3,(H,20,22)(H,21,23). The van der Waals surface area contributed by atoms with Crippen molar-refractivity contribution in [1.29, 1.82) is 0 Å². The molecule has 0 aliphatic rings. The molecule has 0 atom stereocenters. The van der Waals surface area contributed by atoms with E-state index in [1.54, 1.807) is 19.2 Å². The predicted molar refractivity (Wildman–Crippen MR) is 94.5 cm³/mol. The SMILES string of the molecule is COc1ccccc1CNC(=O)CNC(=O)COc1ccc(C)cc1. The second-order valence-electron chi connectivity index (χ2n) is 5.47. The largest absolute Gasteiger partial charge is 0.496 e. The molecule has 0 spiro atoms. The molecule has 0 aromatic heterocycles. The highest BCUT2D eigenvalue weighted by atomic mass is 16.5. The van der Waals surface area contributed by atoms with Crippen molar-refractivity contribution in [3.05, 3.63) is 59.7 Å². The average molecular weight is 342 g/mol. The summed E-state index contributed by atoms with van der Waals surface area (Å²) in [6.45, 7) is 2.06. The minimum atomic E-state index is -0.354. The molecule has 6 heteroatoms. The summed E-state index contributed by atoms with van der Waals surface area (Å²) >= 11 is 0. The molecule has 0 heterocycles. The molecule has 2 aromatic carbocycles. The Morgan fingerprint density at radius 3 is 2.40 bits per heavy atom. The Labute approximate surface area is 147 Å². The van der Waals surface area contributed by atoms with E-state index >= 15 is 0 Å². The molecule has 2 amide bonds. The van der Waals surface area contributed by atoms with E-state index in [2.05, 4.69) is 10.6 Å². The Morgan fingerprint density at radius 1 is 0.960 bits per heavy atom. The third-order valence-corrected chi connectivity index (χ3v) is 3.51. The van der Waals surface area contributed by atoms with Crippen LogP contribution in [0.4, 0.5) is 0 Å². The van der Waals surface area contributed by atoms with Gasteiger partial charge in [-0.15, -0.1) is 0 Å². The summed E-state index contributed by atoms with van der Waals surface area (Å²) in [4.78, 5) is 23.6. The van der Waals surface area contributed by atoms with Crippen molar-refractivity contribution in [2.75, 3.05) is 20.3 Å². The molecule has 0 saturated heterocycles. The number of carbonyl (C=O) groups excluding carboxylic acids is 2. The number of ether oxygens (including phenoxy) is 2. The van der Waals surface area contributed by atoms with Gasteiger partial charge in [0.1, 0.15) is 11.5 Å². The van der Waals surface area contributed by atoms with Gasteiger partial charge in [-0.25, -0.2) is 0 Å². The van der Waals surface area contributed by atoms with Crippen LogP contribution in [0.1, 0.15) is 11.1 Å². The van der Waals surface area contributed by atoms with Gasteiger partial charge in [0.05, 0.1) is 13.7 Å². The second kappa shape index (κ2) is 9.32. The number of aryl methyl sites for hydroxylation is 1. The topological polar surface area (TPSA) is 76.7 Å². The van der Waals surface area contributed by atoms with Crippen molar-refractivity contribution in [3.8, 4) is 11.5 Å². The molecule has 0 aliphatic carbocycles. The molecule has 2 N–H and O–H groups in total. The first-order chi connectivity index (χ1) is 12.1. The van der Waals surface area contributed by atoms with Gasteiger partial charge in [0.15, 0.2) is 6.61 Å². The van der Waals surface area contributed by atoms with Crippen molar-refractivity contribution >= 4 is 11.8 Å². The Kier molecular flexibility index (Phi) is 6.83. The molecular weight excluding hydrogens is 320 g/mol. The van der Waals surface area contributed by atoms with Gasteiger partial charge in [-0.3, -0.25) is 9.59 Å². The Bertz CT molecular complexity index is 714. The first-order valence-corrected chi connectivity index (χ1v) is 7.93. The van der Waals surface area contributed by atoms with Gasteiger partial charge in [-0.1, -0.05) is 35.9 Å². The number of hydrogen-bond acceptors (Lipinski definition) is 4. The fourth-order valence-electron chi connectivity index (χ4n) is 2.12. The maximum Gasteiger partial charge on any atom is 0.258 e. The highest BCUT2D eigenvalue weighted by Crippen LogP contribution is 2.16. The van der Waals surface area contributed by atoms with E-state index in [1.807, 2.05) is 43.3 Å². The fourth-order valence-corrected chi connectivity index (χ4v) is 2.12. The summed E-state index contributed by atoms with van der Waals surface area (Å²) in [5.74, 6) is 0.683. The zero-order chi connectivity index (χ0) is 18.1. The molecule has 0 bridgehead atoms. The number of hydrogen-bond donors (Lipinski definition) is 2. The van der Waals surface area contributed by atoms with Crippen molar-refractivity contribution in [2.45, 2.75) is 13.5 Å². The van der Waals surface area contributed by atoms with Crippen LogP contribution in [0.2, 0.25) is 0 Å². The maximum absolute atomic E-state index is 11.8. The van der Waals surface area contributed by atoms with Crippen LogP contribution in [0, 0.1) is 6.92 Å². The van der Waals surface area contributed by atoms with Crippen LogP contribution in [-0.2, 0) is 16.1 Å². The number of benzene rings is 2. The Hall–Kier alpha value is -3.02. The molecule has 0 fully saturated rings. The van der Waals surface area contributed by atoms with E-state index in [0.29, 0.717) is 18.0 Å². The monoisotopic (exact) mass is 342 g/mol. The summed E-state index contributed by atoms with van der Waals surface area (Å²) in [5.41, 5.74) is 1.98. The highest BCUT2D eigenvalue weighted by molar-refractivity contribution is 5.85. The number of para-hydroxylation sites is 1. The second-order valence-corrected chi connectivity index (χ2v) is 5.47. The van der Waals surface area contributed by atoms with Gasteiger partial charge in [0.2, 0.25) is 5.91 Å². The summed E-state index contributed by atoms with van der Waals surface area (Å²) < 4.78 is 10.6. The number of methoxy groups -OCH3 is 1. The summed E-state index contributed by atoms with van der Waals surface area (Å²) in [6, 6.07) is 14.8. The van der Waals surface area contributed by atoms with E-state index in [0.717, 1.165) is 11.1 Å². The molecule has 2 rings (SSSR count). The van der Waals surface area contributed by atoms with Crippen LogP contribution in [0.15, 0.2) is 48.5 Å². The molecule has 6 nitrogen and oxygen atoms in total. The molecule has 25 heavy (non-hydrogen) atoms. The molecule has 0 aliphatic heterocycles. The first kappa shape index (κ1) is 18.3. The number of amides is 2. The van der Waals surface area contributed by atoms with Crippen molar-refractivity contribution in [1.82, 2.24) is 10.6 Å². The highest BCUT2D eigenvalue weighted by Gasteiger charge is 2.08. The lowest BCUT2D eigenvalue weighted by atomic mass is 10.2. The number of carbonyl (C=O) groups is 2. The minimum Gasteiger partial charge on any atom is -0.496 e. The van der Waals surface area contributed by atoms with Crippen LogP contribution in [-0.4, -0.2) is 32.1 Å². The summed E-state index contributed by atoms with van der Waals surface area (Å²) in [7, 11) is 1.58. The van der Waals surface area contributed by atoms with Gasteiger partial charge in [0, 0.05) is 12.1 Å². The van der Waals surface area contributed by atoms with Gasteiger partial charge in [-0.2, -0.15) is 0 Å². The number of rotatable bonds is 8. The quantitative estimate of drug-likeness (QED) is 0.767. The lowest BCUT2D eigenvalue weighted by Gasteiger charge is -2.10. The molecule has 132 valence electrons. The van der Waals surface area contributed by atoms with Gasteiger partial charge >= 0.3 is 0 Å². The van der Waals surface area contributed by atoms with E-state index in [9.17, 15) is 9.59 Å². The van der Waals surface area contributed by atoms with Gasteiger partial charge in [0.25, 0.3) is 5.91 Å². The lowest BCUT2D eigenvalue weighted by Crippen LogP contribution is -2.38. The van der Waals surface area contributed by atoms with Gasteiger partial charge < -0.3 is 20.1 Å². The zero-order valence-corrected chi connectivity index (χ0v) is 14.4. The first-order valence-electron chi connectivity index (χ1n) is 7.93. The minimum absolute atomic E-state index is 0.106. The zero-order valence-electron chi connectivity index (χ0n) is 14.4. The smallest absolute Gasteiger partial charge is 0.258 e. The summed E-state index contributed by atoms with van der Waals surface area (Å²) in [6.07, 6.45) is 0. The third kappa shape index (κ3) is 6.18. The van der Waals surface area contributed by atoms with Crippen LogP contribution >= 0.6 is 0 Å². The van der Waals surface area contributed by atoms with Gasteiger partial charge in [-0.05, 0) is 25.1 Å². The molecular formula is C19H22N2O4. The van der Waals surface area contributed by atoms with Crippen LogP contribution < -0.4 is 20.1 Å². The molecule has 2 aromatic rings. The van der Waals surface area contributed by atoms with E-state index in [4.69, 9.17) is 9.47 Å². The van der Waals surface area contributed by atoms with Crippen LogP contribution in [0.5, 0.6) is 11.5 Å². The molecule has 0 saturated carbocycles. The normalized spacial score (nSPS) is 10.0.